The van der Waals surface area contributed by atoms with E-state index in [1.54, 1.807) is 24.3 Å². The van der Waals surface area contributed by atoms with Crippen LogP contribution < -0.4 is 0 Å². The number of halogens is 3. The molecule has 0 aliphatic carbocycles. The molecule has 0 saturated heterocycles. The van der Waals surface area contributed by atoms with E-state index in [1.165, 1.54) is 0 Å². The Labute approximate surface area is 177 Å². The van der Waals surface area contributed by atoms with Gasteiger partial charge >= 0.3 is 12.1 Å². The molecule has 2 aliphatic rings. The predicted octanol–water partition coefficient (Wildman–Crippen LogP) is 3.19. The van der Waals surface area contributed by atoms with E-state index in [0.29, 0.717) is 17.3 Å². The summed E-state index contributed by atoms with van der Waals surface area (Å²) in [5, 5.41) is 16.0. The zero-order valence-corrected chi connectivity index (χ0v) is 16.7. The number of benzene rings is 2. The number of amides is 1. The third-order valence-corrected chi connectivity index (χ3v) is 5.72. The molecule has 0 radical (unpaired) electrons. The molecule has 0 saturated carbocycles. The highest BCUT2D eigenvalue weighted by Gasteiger charge is 2.63. The number of carbonyl (C=O) groups is 2. The summed E-state index contributed by atoms with van der Waals surface area (Å²) < 4.78 is 46.0. The van der Waals surface area contributed by atoms with Gasteiger partial charge in [0.1, 0.15) is 0 Å². The molecule has 160 valence electrons. The molecule has 2 aromatic carbocycles. The maximum atomic E-state index is 13.8. The second-order valence-corrected chi connectivity index (χ2v) is 7.75. The summed E-state index contributed by atoms with van der Waals surface area (Å²) in [7, 11) is 1.09. The first kappa shape index (κ1) is 21.1. The highest BCUT2D eigenvalue weighted by atomic mass is 32.2. The number of hydrazone groups is 1. The van der Waals surface area contributed by atoms with Crippen molar-refractivity contribution in [2.75, 3.05) is 7.11 Å². The summed E-state index contributed by atoms with van der Waals surface area (Å²) in [5.74, 6) is -1.79. The van der Waals surface area contributed by atoms with Crippen LogP contribution in [0.1, 0.15) is 12.0 Å². The Morgan fingerprint density at radius 1 is 1.26 bits per heavy atom. The van der Waals surface area contributed by atoms with Crippen LogP contribution in [0.25, 0.3) is 10.8 Å². The molecule has 1 amide bonds. The van der Waals surface area contributed by atoms with E-state index in [2.05, 4.69) is 14.8 Å². The van der Waals surface area contributed by atoms with Crippen molar-refractivity contribution in [1.29, 1.82) is 0 Å². The van der Waals surface area contributed by atoms with Crippen LogP contribution in [-0.4, -0.2) is 51.9 Å². The van der Waals surface area contributed by atoms with E-state index in [-0.39, 0.29) is 15.6 Å². The van der Waals surface area contributed by atoms with Gasteiger partial charge in [0.15, 0.2) is 5.17 Å². The minimum atomic E-state index is -5.10. The zero-order chi connectivity index (χ0) is 22.4. The average molecular weight is 449 g/mol. The quantitative estimate of drug-likeness (QED) is 0.559. The summed E-state index contributed by atoms with van der Waals surface area (Å²) in [5.41, 5.74) is -3.03. The molecule has 0 fully saturated rings. The van der Waals surface area contributed by atoms with Crippen LogP contribution in [0.5, 0.6) is 0 Å². The molecule has 2 aromatic rings. The molecule has 7 nitrogen and oxygen atoms in total. The fourth-order valence-corrected chi connectivity index (χ4v) is 4.04. The number of hydrogen-bond acceptors (Lipinski definition) is 7. The van der Waals surface area contributed by atoms with Crippen LogP contribution in [-0.2, 0) is 14.3 Å². The molecule has 2 heterocycles. The van der Waals surface area contributed by atoms with Crippen LogP contribution in [0, 0.1) is 0 Å². The van der Waals surface area contributed by atoms with Crippen LogP contribution in [0.2, 0.25) is 0 Å². The molecule has 0 spiro atoms. The minimum Gasteiger partial charge on any atom is -0.466 e. The largest absolute Gasteiger partial charge is 0.466 e. The first-order valence-electron chi connectivity index (χ1n) is 8.89. The summed E-state index contributed by atoms with van der Waals surface area (Å²) in [6, 6.07) is 12.3. The number of hydrogen-bond donors (Lipinski definition) is 1. The highest BCUT2D eigenvalue weighted by Crippen LogP contribution is 2.44. The van der Waals surface area contributed by atoms with Gasteiger partial charge < -0.3 is 9.84 Å². The van der Waals surface area contributed by atoms with Gasteiger partial charge in [0.2, 0.25) is 0 Å². The maximum Gasteiger partial charge on any atom is 0.438 e. The Morgan fingerprint density at radius 3 is 2.65 bits per heavy atom. The smallest absolute Gasteiger partial charge is 0.438 e. The van der Waals surface area contributed by atoms with Crippen molar-refractivity contribution in [2.24, 2.45) is 10.1 Å². The number of nitrogens with zero attached hydrogens (tertiary/aromatic N) is 3. The van der Waals surface area contributed by atoms with Crippen LogP contribution in [0.3, 0.4) is 0 Å². The zero-order valence-electron chi connectivity index (χ0n) is 15.9. The standard InChI is InChI=1S/C20H14F3N3O4S/c1-30-16(27)9-15-17(28)24-18(31-15)26-19(29,20(21,22)23)10-14(25-26)13-7-6-11-4-2-3-5-12(11)8-13/h2-9,29H,10H2,1H3/b15-9+/t19-/m1/s1. The molecule has 4 rings (SSSR count). The van der Waals surface area contributed by atoms with Crippen molar-refractivity contribution in [3.63, 3.8) is 0 Å². The number of alkyl halides is 3. The molecular weight excluding hydrogens is 435 g/mol. The van der Waals surface area contributed by atoms with E-state index in [1.807, 2.05) is 18.2 Å². The lowest BCUT2D eigenvalue weighted by atomic mass is 9.98. The first-order chi connectivity index (χ1) is 14.6. The number of ether oxygens (including phenoxy) is 1. The number of thioether (sulfide) groups is 1. The molecule has 2 aliphatic heterocycles. The van der Waals surface area contributed by atoms with Crippen LogP contribution >= 0.6 is 11.8 Å². The van der Waals surface area contributed by atoms with Gasteiger partial charge in [0.05, 0.1) is 24.1 Å². The second kappa shape index (κ2) is 7.50. The van der Waals surface area contributed by atoms with Crippen molar-refractivity contribution in [3.05, 3.63) is 59.0 Å². The third-order valence-electron chi connectivity index (χ3n) is 4.76. The monoisotopic (exact) mass is 449 g/mol. The Morgan fingerprint density at radius 2 is 1.97 bits per heavy atom. The highest BCUT2D eigenvalue weighted by molar-refractivity contribution is 8.18. The van der Waals surface area contributed by atoms with E-state index in [9.17, 15) is 27.9 Å². The van der Waals surface area contributed by atoms with Crippen molar-refractivity contribution < 1.29 is 32.6 Å². The SMILES string of the molecule is COC(=O)/C=C1/SC(N2N=C(c3ccc4ccccc4c3)C[C@@]2(O)C(F)(F)F)=NC1=O. The molecule has 31 heavy (non-hydrogen) atoms. The van der Waals surface area contributed by atoms with Gasteiger partial charge in [-0.25, -0.2) is 4.79 Å². The predicted molar refractivity (Wildman–Crippen MR) is 108 cm³/mol. The lowest BCUT2D eigenvalue weighted by Gasteiger charge is -2.33. The fraction of sp³-hybridized carbons (Fsp3) is 0.200. The third kappa shape index (κ3) is 3.70. The molecular formula is C20H14F3N3O4S. The Kier molecular flexibility index (Phi) is 5.10. The number of amidine groups is 1. The van der Waals surface area contributed by atoms with Crippen molar-refractivity contribution in [3.8, 4) is 0 Å². The normalized spacial score (nSPS) is 22.8. The Bertz CT molecular complexity index is 1190. The number of rotatable bonds is 2. The number of carbonyl (C=O) groups excluding carboxylic acids is 2. The maximum absolute atomic E-state index is 13.8. The minimum absolute atomic E-state index is 0.0216. The summed E-state index contributed by atoms with van der Waals surface area (Å²) in [6.45, 7) is 0. The van der Waals surface area contributed by atoms with Gasteiger partial charge in [-0.3, -0.25) is 4.79 Å². The van der Waals surface area contributed by atoms with Crippen molar-refractivity contribution in [1.82, 2.24) is 5.01 Å². The van der Waals surface area contributed by atoms with Crippen molar-refractivity contribution >= 4 is 45.3 Å². The molecule has 0 bridgehead atoms. The average Bonchev–Trinajstić information content (AvgIpc) is 3.28. The van der Waals surface area contributed by atoms with Crippen molar-refractivity contribution in [2.45, 2.75) is 18.3 Å². The number of aliphatic imine (C=N–C) groups is 1. The summed E-state index contributed by atoms with van der Waals surface area (Å²) in [6.07, 6.45) is -5.14. The second-order valence-electron chi connectivity index (χ2n) is 6.74. The fourth-order valence-electron chi connectivity index (χ4n) is 3.15. The van der Waals surface area contributed by atoms with Gasteiger partial charge in [-0.05, 0) is 34.2 Å². The molecule has 0 aromatic heterocycles. The lowest BCUT2D eigenvalue weighted by molar-refractivity contribution is -0.294. The van der Waals surface area contributed by atoms with E-state index in [4.69, 9.17) is 0 Å². The molecule has 1 atom stereocenters. The number of aliphatic hydroxyl groups is 1. The summed E-state index contributed by atoms with van der Waals surface area (Å²) in [4.78, 5) is 26.7. The van der Waals surface area contributed by atoms with Gasteiger partial charge in [-0.1, -0.05) is 36.4 Å². The first-order valence-corrected chi connectivity index (χ1v) is 9.70. The number of esters is 1. The van der Waals surface area contributed by atoms with E-state index in [0.717, 1.165) is 24.0 Å². The lowest BCUT2D eigenvalue weighted by Crippen LogP contribution is -2.56. The molecule has 11 heteroatoms. The van der Waals surface area contributed by atoms with Crippen LogP contribution in [0.15, 0.2) is 63.5 Å². The Balaban J connectivity index is 1.74. The Hall–Kier alpha value is -3.18. The number of methoxy groups -OCH3 is 1. The van der Waals surface area contributed by atoms with Gasteiger partial charge in [0, 0.05) is 6.08 Å². The van der Waals surface area contributed by atoms with E-state index >= 15 is 0 Å². The molecule has 1 N–H and O–H groups in total. The molecule has 0 unspecified atom stereocenters. The van der Waals surface area contributed by atoms with Gasteiger partial charge in [0.25, 0.3) is 11.6 Å². The van der Waals surface area contributed by atoms with E-state index < -0.39 is 35.4 Å². The topological polar surface area (TPSA) is 91.6 Å². The van der Waals surface area contributed by atoms with Crippen LogP contribution in [0.4, 0.5) is 13.2 Å². The van der Waals surface area contributed by atoms with Gasteiger partial charge in [-0.15, -0.1) is 0 Å². The van der Waals surface area contributed by atoms with Gasteiger partial charge in [-0.2, -0.15) is 28.3 Å². The number of fused-ring (bicyclic) bond motifs is 1. The summed E-state index contributed by atoms with van der Waals surface area (Å²) >= 11 is 0.497.